The van der Waals surface area contributed by atoms with Crippen LogP contribution in [0.4, 0.5) is 0 Å². The first kappa shape index (κ1) is 32.5. The van der Waals surface area contributed by atoms with Crippen LogP contribution in [0.25, 0.3) is 93.5 Å². The molecule has 0 bridgehead atoms. The third-order valence-electron chi connectivity index (χ3n) is 13.5. The van der Waals surface area contributed by atoms with Crippen molar-refractivity contribution in [3.63, 3.8) is 0 Å². The number of fused-ring (bicyclic) bond motifs is 13. The largest absolute Gasteiger partial charge is 0.309 e. The van der Waals surface area contributed by atoms with E-state index in [9.17, 15) is 0 Å². The van der Waals surface area contributed by atoms with Gasteiger partial charge in [-0.15, -0.1) is 0 Å². The van der Waals surface area contributed by atoms with Crippen molar-refractivity contribution >= 4 is 43.4 Å². The van der Waals surface area contributed by atoms with Crippen molar-refractivity contribution in [2.24, 2.45) is 0 Å². The predicted octanol–water partition coefficient (Wildman–Crippen LogP) is 15.0. The van der Waals surface area contributed by atoms with Crippen LogP contribution in [-0.2, 0) is 10.8 Å². The fraction of sp³-hybridized carbons (Fsp3) is 0.107. The first-order valence-corrected chi connectivity index (χ1v) is 20.3. The molecule has 12 rings (SSSR count). The van der Waals surface area contributed by atoms with E-state index in [1.807, 2.05) is 0 Å². The molecular formula is C56H41N. The van der Waals surface area contributed by atoms with Crippen LogP contribution in [0.3, 0.4) is 0 Å². The van der Waals surface area contributed by atoms with E-state index in [1.165, 1.54) is 116 Å². The summed E-state index contributed by atoms with van der Waals surface area (Å²) in [6, 6.07) is 66.3. The number of rotatable bonds is 3. The van der Waals surface area contributed by atoms with Crippen LogP contribution in [0.1, 0.15) is 49.9 Å². The zero-order chi connectivity index (χ0) is 38.2. The van der Waals surface area contributed by atoms with Crippen molar-refractivity contribution < 1.29 is 0 Å². The summed E-state index contributed by atoms with van der Waals surface area (Å²) in [4.78, 5) is 0. The highest BCUT2D eigenvalue weighted by molar-refractivity contribution is 6.15. The van der Waals surface area contributed by atoms with Gasteiger partial charge in [0.05, 0.1) is 11.0 Å². The normalized spacial score (nSPS) is 14.6. The number of para-hydroxylation sites is 1. The van der Waals surface area contributed by atoms with Gasteiger partial charge in [-0.25, -0.2) is 0 Å². The fourth-order valence-electron chi connectivity index (χ4n) is 11.0. The zero-order valence-corrected chi connectivity index (χ0v) is 32.7. The molecule has 270 valence electrons. The fourth-order valence-corrected chi connectivity index (χ4v) is 11.0. The van der Waals surface area contributed by atoms with Gasteiger partial charge in [0, 0.05) is 27.3 Å². The third kappa shape index (κ3) is 4.35. The highest BCUT2D eigenvalue weighted by atomic mass is 15.0. The number of aromatic nitrogens is 1. The van der Waals surface area contributed by atoms with Crippen molar-refractivity contribution in [3.05, 3.63) is 198 Å². The van der Waals surface area contributed by atoms with E-state index < -0.39 is 0 Å². The van der Waals surface area contributed by atoms with Gasteiger partial charge in [-0.1, -0.05) is 173 Å². The minimum absolute atomic E-state index is 0.155. The molecule has 0 radical (unpaired) electrons. The van der Waals surface area contributed by atoms with Gasteiger partial charge >= 0.3 is 0 Å². The molecule has 0 saturated heterocycles. The lowest BCUT2D eigenvalue weighted by atomic mass is 9.78. The lowest BCUT2D eigenvalue weighted by Crippen LogP contribution is -2.17. The Morgan fingerprint density at radius 3 is 1.65 bits per heavy atom. The Balaban J connectivity index is 1.22. The molecule has 1 aromatic heterocycles. The van der Waals surface area contributed by atoms with Crippen LogP contribution in [0.15, 0.2) is 176 Å². The molecule has 0 saturated carbocycles. The Kier molecular flexibility index (Phi) is 6.53. The van der Waals surface area contributed by atoms with Gasteiger partial charge in [0.1, 0.15) is 0 Å². The van der Waals surface area contributed by atoms with Gasteiger partial charge in [0.15, 0.2) is 0 Å². The summed E-state index contributed by atoms with van der Waals surface area (Å²) in [7, 11) is 0. The van der Waals surface area contributed by atoms with Crippen molar-refractivity contribution in [2.75, 3.05) is 0 Å². The van der Waals surface area contributed by atoms with E-state index in [0.717, 1.165) is 0 Å². The van der Waals surface area contributed by atoms with Crippen molar-refractivity contribution in [3.8, 4) is 50.2 Å². The smallest absolute Gasteiger partial charge is 0.0588 e. The van der Waals surface area contributed by atoms with Crippen molar-refractivity contribution in [2.45, 2.75) is 38.5 Å². The number of benzene rings is 9. The Morgan fingerprint density at radius 2 is 0.895 bits per heavy atom. The van der Waals surface area contributed by atoms with Gasteiger partial charge in [0.2, 0.25) is 0 Å². The molecule has 0 fully saturated rings. The summed E-state index contributed by atoms with van der Waals surface area (Å²) >= 11 is 0. The monoisotopic (exact) mass is 727 g/mol. The molecule has 0 N–H and O–H groups in total. The molecule has 0 aliphatic heterocycles. The summed E-state index contributed by atoms with van der Waals surface area (Å²) in [5.41, 5.74) is 19.3. The molecule has 0 atom stereocenters. The van der Waals surface area contributed by atoms with Crippen LogP contribution in [-0.4, -0.2) is 4.57 Å². The minimum atomic E-state index is -0.178. The van der Waals surface area contributed by atoms with Crippen LogP contribution < -0.4 is 0 Å². The van der Waals surface area contributed by atoms with E-state index in [1.54, 1.807) is 0 Å². The average molecular weight is 728 g/mol. The summed E-state index contributed by atoms with van der Waals surface area (Å²) in [6.07, 6.45) is 0. The van der Waals surface area contributed by atoms with Crippen LogP contribution in [0, 0.1) is 0 Å². The summed E-state index contributed by atoms with van der Waals surface area (Å²) in [5, 5.41) is 7.67. The average Bonchev–Trinajstić information content (AvgIpc) is 3.80. The van der Waals surface area contributed by atoms with Crippen molar-refractivity contribution in [1.29, 1.82) is 0 Å². The van der Waals surface area contributed by atoms with Crippen LogP contribution in [0.5, 0.6) is 0 Å². The van der Waals surface area contributed by atoms with Gasteiger partial charge in [-0.05, 0) is 119 Å². The summed E-state index contributed by atoms with van der Waals surface area (Å²) < 4.78 is 2.59. The molecule has 1 heterocycles. The maximum absolute atomic E-state index is 2.59. The molecule has 9 aromatic carbocycles. The molecule has 0 unspecified atom stereocenters. The predicted molar refractivity (Wildman–Crippen MR) is 242 cm³/mol. The molecule has 2 aliphatic rings. The highest BCUT2D eigenvalue weighted by Crippen LogP contribution is 2.55. The molecule has 10 aromatic rings. The lowest BCUT2D eigenvalue weighted by Gasteiger charge is -2.26. The van der Waals surface area contributed by atoms with Gasteiger partial charge in [-0.2, -0.15) is 0 Å². The van der Waals surface area contributed by atoms with E-state index in [2.05, 4.69) is 208 Å². The summed E-state index contributed by atoms with van der Waals surface area (Å²) in [6.45, 7) is 9.63. The van der Waals surface area contributed by atoms with Gasteiger partial charge in [-0.3, -0.25) is 0 Å². The Bertz CT molecular complexity index is 3350. The first-order chi connectivity index (χ1) is 27.8. The van der Waals surface area contributed by atoms with E-state index in [4.69, 9.17) is 0 Å². The van der Waals surface area contributed by atoms with E-state index in [0.29, 0.717) is 0 Å². The maximum atomic E-state index is 2.59. The molecule has 0 amide bonds. The molecule has 1 nitrogen and oxygen atoms in total. The first-order valence-electron chi connectivity index (χ1n) is 20.3. The van der Waals surface area contributed by atoms with Crippen LogP contribution >= 0.6 is 0 Å². The van der Waals surface area contributed by atoms with Gasteiger partial charge < -0.3 is 4.57 Å². The van der Waals surface area contributed by atoms with Gasteiger partial charge in [0.25, 0.3) is 0 Å². The quantitative estimate of drug-likeness (QED) is 0.160. The Hall–Kier alpha value is -6.70. The standard InChI is InChI=1S/C56H41N/c1-55(2)49-25-12-9-20-42(49)45-24-15-23-39(52(45)55)35-30-36(48-33-34-16-5-6-17-38(34)40-18-7-8-19-41(40)48)32-37(31-35)57-51-27-14-11-22-44(51)47-29-28-46-43-21-10-13-26-50(43)56(3,4)53(46)54(47)57/h5-33H,1-4H3. The van der Waals surface area contributed by atoms with Crippen LogP contribution in [0.2, 0.25) is 0 Å². The maximum Gasteiger partial charge on any atom is 0.0588 e. The van der Waals surface area contributed by atoms with Crippen molar-refractivity contribution in [1.82, 2.24) is 4.57 Å². The summed E-state index contributed by atoms with van der Waals surface area (Å²) in [5.74, 6) is 0. The number of hydrogen-bond acceptors (Lipinski definition) is 0. The molecule has 2 aliphatic carbocycles. The third-order valence-corrected chi connectivity index (χ3v) is 13.5. The second kappa shape index (κ2) is 11.4. The second-order valence-electron chi connectivity index (χ2n) is 17.3. The molecule has 57 heavy (non-hydrogen) atoms. The molecule has 1 heteroatoms. The van der Waals surface area contributed by atoms with E-state index in [-0.39, 0.29) is 10.8 Å². The molecule has 0 spiro atoms. The zero-order valence-electron chi connectivity index (χ0n) is 32.7. The SMILES string of the molecule is CC1(C)c2ccccc2-c2cccc(-c3cc(-c4cc5ccccc5c5ccccc45)cc(-n4c5ccccc5c5ccc6c(c54)C(C)(C)c4ccccc4-6)c3)c21. The lowest BCUT2D eigenvalue weighted by molar-refractivity contribution is 0.662. The Labute approximate surface area is 333 Å². The second-order valence-corrected chi connectivity index (χ2v) is 17.3. The minimum Gasteiger partial charge on any atom is -0.309 e. The Morgan fingerprint density at radius 1 is 0.351 bits per heavy atom. The topological polar surface area (TPSA) is 4.93 Å². The number of nitrogens with zero attached hydrogens (tertiary/aromatic N) is 1. The molecular weight excluding hydrogens is 687 g/mol. The van der Waals surface area contributed by atoms with E-state index >= 15 is 0 Å². The highest BCUT2D eigenvalue weighted by Gasteiger charge is 2.39. The number of hydrogen-bond donors (Lipinski definition) is 0.